The zero-order valence-electron chi connectivity index (χ0n) is 19.8. The van der Waals surface area contributed by atoms with Gasteiger partial charge >= 0.3 is 0 Å². The standard InChI is InChI=1S/C21H25Cl2N9O3S/c1-11-18(30-29-16-10-15(8-9-17(16)33)36(34,35)24-3)12(2)32(31-11)14-6-4-13(5-7-14)25-21-27-19(22)26-20(23)28-21/h8-10,13-14,24,33H,4-7H2,1-3H3,(H,25,26,27,28). The van der Waals surface area contributed by atoms with Crippen LogP contribution in [0, 0.1) is 13.8 Å². The first-order valence-electron chi connectivity index (χ1n) is 11.1. The maximum absolute atomic E-state index is 12.1. The number of anilines is 1. The molecule has 1 aliphatic carbocycles. The summed E-state index contributed by atoms with van der Waals surface area (Å²) in [4.78, 5) is 11.9. The van der Waals surface area contributed by atoms with Crippen molar-refractivity contribution in [3.05, 3.63) is 40.2 Å². The van der Waals surface area contributed by atoms with E-state index in [0.29, 0.717) is 17.3 Å². The lowest BCUT2D eigenvalue weighted by Crippen LogP contribution is -2.29. The second-order valence-electron chi connectivity index (χ2n) is 8.37. The molecule has 36 heavy (non-hydrogen) atoms. The van der Waals surface area contributed by atoms with Gasteiger partial charge in [0.2, 0.25) is 26.5 Å². The number of halogens is 2. The number of phenols is 1. The van der Waals surface area contributed by atoms with Crippen LogP contribution in [0.4, 0.5) is 17.3 Å². The van der Waals surface area contributed by atoms with Gasteiger partial charge in [-0.1, -0.05) is 0 Å². The van der Waals surface area contributed by atoms with Crippen LogP contribution in [0.2, 0.25) is 10.6 Å². The molecule has 1 saturated carbocycles. The number of aryl methyl sites for hydroxylation is 1. The van der Waals surface area contributed by atoms with Gasteiger partial charge in [0, 0.05) is 6.04 Å². The van der Waals surface area contributed by atoms with Crippen LogP contribution >= 0.6 is 23.2 Å². The Kier molecular flexibility index (Phi) is 7.73. The molecule has 0 atom stereocenters. The highest BCUT2D eigenvalue weighted by atomic mass is 35.5. The number of benzene rings is 1. The molecular weight excluding hydrogens is 529 g/mol. The molecule has 15 heteroatoms. The molecule has 0 saturated heterocycles. The maximum atomic E-state index is 12.1. The predicted molar refractivity (Wildman–Crippen MR) is 135 cm³/mol. The van der Waals surface area contributed by atoms with Crippen molar-refractivity contribution in [3.63, 3.8) is 0 Å². The fraction of sp³-hybridized carbons (Fsp3) is 0.429. The van der Waals surface area contributed by atoms with Crippen LogP contribution < -0.4 is 10.0 Å². The first-order valence-corrected chi connectivity index (χ1v) is 13.4. The van der Waals surface area contributed by atoms with E-state index in [2.05, 4.69) is 40.3 Å². The summed E-state index contributed by atoms with van der Waals surface area (Å²) in [5.74, 6) is 0.176. The number of hydrogen-bond donors (Lipinski definition) is 3. The maximum Gasteiger partial charge on any atom is 0.240 e. The van der Waals surface area contributed by atoms with Crippen LogP contribution in [0.1, 0.15) is 43.1 Å². The second-order valence-corrected chi connectivity index (χ2v) is 10.9. The monoisotopic (exact) mass is 553 g/mol. The van der Waals surface area contributed by atoms with Crippen LogP contribution in [0.25, 0.3) is 0 Å². The van der Waals surface area contributed by atoms with Gasteiger partial charge in [-0.25, -0.2) is 13.1 Å². The molecule has 3 N–H and O–H groups in total. The van der Waals surface area contributed by atoms with Crippen molar-refractivity contribution in [1.29, 1.82) is 0 Å². The Bertz CT molecular complexity index is 1380. The predicted octanol–water partition coefficient (Wildman–Crippen LogP) is 4.62. The quantitative estimate of drug-likeness (QED) is 0.357. The molecule has 4 rings (SSSR count). The Labute approximate surface area is 218 Å². The molecule has 3 aromatic rings. The van der Waals surface area contributed by atoms with Gasteiger partial charge in [-0.05, 0) is 88.0 Å². The molecule has 0 unspecified atom stereocenters. The van der Waals surface area contributed by atoms with Crippen molar-refractivity contribution in [2.75, 3.05) is 12.4 Å². The molecule has 2 aromatic heterocycles. The number of phenolic OH excluding ortho intramolecular Hbond substituents is 1. The average molecular weight is 554 g/mol. The van der Waals surface area contributed by atoms with Crippen LogP contribution in [-0.4, -0.2) is 51.3 Å². The number of nitrogens with zero attached hydrogens (tertiary/aromatic N) is 7. The molecular formula is C21H25Cl2N9O3S. The Balaban J connectivity index is 1.47. The topological polar surface area (TPSA) is 160 Å². The van der Waals surface area contributed by atoms with Gasteiger partial charge < -0.3 is 10.4 Å². The summed E-state index contributed by atoms with van der Waals surface area (Å²) in [6, 6.07) is 4.17. The third kappa shape index (κ3) is 5.75. The van der Waals surface area contributed by atoms with E-state index in [-0.39, 0.29) is 39.0 Å². The number of sulfonamides is 1. The Hall–Kier alpha value is -2.87. The lowest BCUT2D eigenvalue weighted by Gasteiger charge is -2.30. The molecule has 1 aromatic carbocycles. The molecule has 0 aliphatic heterocycles. The molecule has 12 nitrogen and oxygen atoms in total. The Morgan fingerprint density at radius 3 is 2.36 bits per heavy atom. The first-order chi connectivity index (χ1) is 17.1. The van der Waals surface area contributed by atoms with E-state index < -0.39 is 10.0 Å². The number of hydrogen-bond acceptors (Lipinski definition) is 10. The summed E-state index contributed by atoms with van der Waals surface area (Å²) >= 11 is 11.7. The average Bonchev–Trinajstić information content (AvgIpc) is 3.11. The summed E-state index contributed by atoms with van der Waals surface area (Å²) in [5.41, 5.74) is 2.14. The van der Waals surface area contributed by atoms with Crippen LogP contribution in [0.15, 0.2) is 33.3 Å². The summed E-state index contributed by atoms with van der Waals surface area (Å²) in [5, 5.41) is 26.6. The molecule has 0 spiro atoms. The lowest BCUT2D eigenvalue weighted by molar-refractivity contribution is 0.308. The SMILES string of the molecule is CNS(=O)(=O)c1ccc(O)c(N=Nc2c(C)nn(C3CCC(Nc4nc(Cl)nc(Cl)n4)CC3)c2C)c1. The van der Waals surface area contributed by atoms with Crippen molar-refractivity contribution in [2.45, 2.75) is 56.5 Å². The van der Waals surface area contributed by atoms with Gasteiger partial charge in [0.05, 0.1) is 22.3 Å². The highest BCUT2D eigenvalue weighted by Gasteiger charge is 2.26. The van der Waals surface area contributed by atoms with Crippen molar-refractivity contribution in [1.82, 2.24) is 29.5 Å². The van der Waals surface area contributed by atoms with Gasteiger partial charge in [0.15, 0.2) is 0 Å². The number of azo groups is 1. The van der Waals surface area contributed by atoms with E-state index in [4.69, 9.17) is 23.2 Å². The minimum Gasteiger partial charge on any atom is -0.506 e. The number of nitrogens with one attached hydrogen (secondary N) is 2. The van der Waals surface area contributed by atoms with Crippen molar-refractivity contribution in [3.8, 4) is 5.75 Å². The van der Waals surface area contributed by atoms with Gasteiger partial charge in [-0.15, -0.1) is 10.2 Å². The molecule has 1 aliphatic rings. The van der Waals surface area contributed by atoms with Crippen molar-refractivity contribution >= 4 is 50.5 Å². The van der Waals surface area contributed by atoms with Gasteiger partial charge in [-0.2, -0.15) is 20.1 Å². The first kappa shape index (κ1) is 26.2. The highest BCUT2D eigenvalue weighted by Crippen LogP contribution is 2.36. The fourth-order valence-electron chi connectivity index (χ4n) is 4.16. The summed E-state index contributed by atoms with van der Waals surface area (Å²) in [6.45, 7) is 3.75. The molecule has 0 bridgehead atoms. The minimum absolute atomic E-state index is 0.0204. The van der Waals surface area contributed by atoms with E-state index in [1.165, 1.54) is 25.2 Å². The van der Waals surface area contributed by atoms with E-state index >= 15 is 0 Å². The number of aromatic nitrogens is 5. The van der Waals surface area contributed by atoms with Gasteiger partial charge in [0.25, 0.3) is 0 Å². The zero-order chi connectivity index (χ0) is 26.0. The third-order valence-corrected chi connectivity index (χ3v) is 7.78. The minimum atomic E-state index is -3.68. The molecule has 2 heterocycles. The molecule has 0 radical (unpaired) electrons. The Morgan fingerprint density at radius 2 is 1.72 bits per heavy atom. The summed E-state index contributed by atoms with van der Waals surface area (Å²) in [6.07, 6.45) is 3.46. The van der Waals surface area contributed by atoms with E-state index in [1.807, 2.05) is 18.5 Å². The normalized spacial score (nSPS) is 18.6. The zero-order valence-corrected chi connectivity index (χ0v) is 22.1. The lowest BCUT2D eigenvalue weighted by atomic mass is 9.91. The highest BCUT2D eigenvalue weighted by molar-refractivity contribution is 7.89. The van der Waals surface area contributed by atoms with Crippen LogP contribution in [0.3, 0.4) is 0 Å². The van der Waals surface area contributed by atoms with Crippen LogP contribution in [-0.2, 0) is 10.0 Å². The molecule has 1 fully saturated rings. The largest absolute Gasteiger partial charge is 0.506 e. The van der Waals surface area contributed by atoms with Gasteiger partial charge in [-0.3, -0.25) is 4.68 Å². The van der Waals surface area contributed by atoms with Gasteiger partial charge in [0.1, 0.15) is 17.1 Å². The van der Waals surface area contributed by atoms with Crippen LogP contribution in [0.5, 0.6) is 5.75 Å². The Morgan fingerprint density at radius 1 is 1.06 bits per heavy atom. The van der Waals surface area contributed by atoms with E-state index in [1.54, 1.807) is 0 Å². The van der Waals surface area contributed by atoms with Crippen molar-refractivity contribution in [2.24, 2.45) is 10.2 Å². The molecule has 192 valence electrons. The summed E-state index contributed by atoms with van der Waals surface area (Å²) in [7, 11) is -2.37. The smallest absolute Gasteiger partial charge is 0.240 e. The van der Waals surface area contributed by atoms with E-state index in [9.17, 15) is 13.5 Å². The number of aromatic hydroxyl groups is 1. The fourth-order valence-corrected chi connectivity index (χ4v) is 5.28. The summed E-state index contributed by atoms with van der Waals surface area (Å²) < 4.78 is 28.3. The molecule has 0 amide bonds. The second kappa shape index (κ2) is 10.6. The number of rotatable bonds is 7. The third-order valence-electron chi connectivity index (χ3n) is 6.03. The van der Waals surface area contributed by atoms with E-state index in [0.717, 1.165) is 31.4 Å². The van der Waals surface area contributed by atoms with Crippen molar-refractivity contribution < 1.29 is 13.5 Å².